The molecule has 0 amide bonds. The van der Waals surface area contributed by atoms with E-state index in [9.17, 15) is 13.2 Å². The summed E-state index contributed by atoms with van der Waals surface area (Å²) >= 11 is 0. The van der Waals surface area contributed by atoms with Crippen LogP contribution in [0.25, 0.3) is 0 Å². The van der Waals surface area contributed by atoms with E-state index in [1.54, 1.807) is 0 Å². The lowest BCUT2D eigenvalue weighted by Gasteiger charge is -2.35. The van der Waals surface area contributed by atoms with Gasteiger partial charge in [0.25, 0.3) is 0 Å². The molecule has 0 saturated carbocycles. The van der Waals surface area contributed by atoms with Gasteiger partial charge in [-0.2, -0.15) is 38.0 Å². The van der Waals surface area contributed by atoms with Gasteiger partial charge >= 0.3 is 6.18 Å². The smallest absolute Gasteiger partial charge is 0.181 e. The molecule has 1 aromatic carbocycles. The molecule has 0 bridgehead atoms. The van der Waals surface area contributed by atoms with Crippen LogP contribution in [-0.2, 0) is 6.18 Å². The first-order valence-corrected chi connectivity index (χ1v) is 9.25. The van der Waals surface area contributed by atoms with Gasteiger partial charge in [-0.05, 0) is 12.0 Å². The summed E-state index contributed by atoms with van der Waals surface area (Å²) in [5.41, 5.74) is 0.0200. The minimum Gasteiger partial charge on any atom is -0.181 e. The first-order valence-electron chi connectivity index (χ1n) is 5.75. The van der Waals surface area contributed by atoms with E-state index < -0.39 is 19.8 Å². The Labute approximate surface area is 102 Å². The van der Waals surface area contributed by atoms with E-state index >= 15 is 0 Å². The van der Waals surface area contributed by atoms with Crippen molar-refractivity contribution >= 4 is 13.3 Å². The molecule has 0 nitrogen and oxygen atoms in total. The summed E-state index contributed by atoms with van der Waals surface area (Å²) < 4.78 is 39.0. The highest BCUT2D eigenvalue weighted by molar-refractivity contribution is 6.89. The third-order valence-corrected chi connectivity index (χ3v) is 4.85. The van der Waals surface area contributed by atoms with Crippen molar-refractivity contribution in [3.63, 3.8) is 0 Å². The van der Waals surface area contributed by atoms with Crippen LogP contribution in [0, 0.1) is 0 Å². The minimum atomic E-state index is -4.25. The molecular weight excluding hydrogens is 241 g/mol. The normalized spacial score (nSPS) is 13.2. The van der Waals surface area contributed by atoms with Crippen LogP contribution in [0.4, 0.5) is 13.2 Å². The fourth-order valence-corrected chi connectivity index (χ4v) is 3.92. The van der Waals surface area contributed by atoms with Gasteiger partial charge in [0.05, 0.1) is 5.56 Å². The molecule has 0 aliphatic heterocycles. The monoisotopic (exact) mass is 260 g/mol. The largest absolute Gasteiger partial charge is 0.416 e. The lowest BCUT2D eigenvalue weighted by Crippen LogP contribution is -2.41. The molecule has 0 radical (unpaired) electrons. The van der Waals surface area contributed by atoms with Crippen LogP contribution in [0.5, 0.6) is 0 Å². The molecule has 0 atom stereocenters. The molecule has 0 heterocycles. The minimum absolute atomic E-state index is 0.102. The molecule has 0 aliphatic rings. The number of alkyl halides is 3. The van der Waals surface area contributed by atoms with Crippen molar-refractivity contribution in [2.45, 2.75) is 45.6 Å². The Kier molecular flexibility index (Phi) is 3.77. The Bertz CT molecular complexity index is 368. The van der Waals surface area contributed by atoms with Gasteiger partial charge in [-0.3, -0.25) is 0 Å². The maximum Gasteiger partial charge on any atom is 0.416 e. The number of rotatable bonds is 2. The zero-order valence-electron chi connectivity index (χ0n) is 10.9. The van der Waals surface area contributed by atoms with Crippen molar-refractivity contribution in [1.82, 2.24) is 0 Å². The number of hydrogen-bond donors (Lipinski definition) is 0. The molecule has 0 spiro atoms. The quantitative estimate of drug-likeness (QED) is 0.692. The average Bonchev–Trinajstić information content (AvgIpc) is 2.13. The van der Waals surface area contributed by atoms with E-state index in [0.717, 1.165) is 5.19 Å². The van der Waals surface area contributed by atoms with E-state index in [2.05, 4.69) is 19.6 Å². The van der Waals surface area contributed by atoms with E-state index in [-0.39, 0.29) is 5.92 Å². The maximum atomic E-state index is 13.0. The summed E-state index contributed by atoms with van der Waals surface area (Å²) in [5, 5.41) is 0.919. The van der Waals surface area contributed by atoms with Gasteiger partial charge < -0.3 is 0 Å². The Balaban J connectivity index is 3.55. The second-order valence-corrected chi connectivity index (χ2v) is 10.7. The number of hydrogen-bond acceptors (Lipinski definition) is 0. The molecule has 0 N–H and O–H groups in total. The second kappa shape index (κ2) is 4.48. The van der Waals surface area contributed by atoms with Crippen LogP contribution in [-0.4, -0.2) is 8.07 Å². The van der Waals surface area contributed by atoms with Crippen LogP contribution in [0.1, 0.15) is 30.9 Å². The van der Waals surface area contributed by atoms with Crippen LogP contribution < -0.4 is 5.19 Å². The first kappa shape index (κ1) is 14.3. The maximum absolute atomic E-state index is 13.0. The zero-order valence-corrected chi connectivity index (χ0v) is 11.9. The van der Waals surface area contributed by atoms with Gasteiger partial charge in [0.1, 0.15) is 0 Å². The fraction of sp³-hybridized carbons (Fsp3) is 0.538. The van der Waals surface area contributed by atoms with Gasteiger partial charge in [-0.25, -0.2) is 0 Å². The standard InChI is InChI=1S/C13H19F3Si/c1-9(2)12-10(13(14,15)16)7-6-8-11(12)17(3,4)5/h6-9H,1-5H3/q-1. The van der Waals surface area contributed by atoms with E-state index in [1.165, 1.54) is 12.1 Å². The summed E-state index contributed by atoms with van der Waals surface area (Å²) in [5.74, 6) is -0.102. The van der Waals surface area contributed by atoms with Crippen molar-refractivity contribution in [3.8, 4) is 0 Å². The predicted octanol–water partition coefficient (Wildman–Crippen LogP) is 4.37. The number of benzene rings is 1. The highest BCUT2D eigenvalue weighted by Crippen LogP contribution is 2.35. The van der Waals surface area contributed by atoms with Crippen molar-refractivity contribution in [3.05, 3.63) is 29.3 Å². The molecule has 0 unspecified atom stereocenters. The fourth-order valence-electron chi connectivity index (χ4n) is 2.09. The lowest BCUT2D eigenvalue weighted by atomic mass is 9.97. The molecule has 0 aromatic heterocycles. The van der Waals surface area contributed by atoms with Crippen LogP contribution in [0.3, 0.4) is 0 Å². The molecular formula is C13H19F3Si-. The van der Waals surface area contributed by atoms with Crippen LogP contribution in [0.15, 0.2) is 18.2 Å². The van der Waals surface area contributed by atoms with E-state index in [0.29, 0.717) is 5.56 Å². The second-order valence-electron chi connectivity index (χ2n) is 5.67. The Hall–Kier alpha value is -0.773. The average molecular weight is 260 g/mol. The Morgan fingerprint density at radius 1 is 1.06 bits per heavy atom. The molecule has 0 fully saturated rings. The SMILES string of the molecule is CC(C)c1c(C(F)(F)F)cccc1[Si-](C)(C)C. The summed E-state index contributed by atoms with van der Waals surface area (Å²) in [6.07, 6.45) is -4.25. The molecule has 97 valence electrons. The van der Waals surface area contributed by atoms with Gasteiger partial charge in [0.15, 0.2) is 0 Å². The predicted molar refractivity (Wildman–Crippen MR) is 68.5 cm³/mol. The lowest BCUT2D eigenvalue weighted by molar-refractivity contribution is -0.138. The van der Waals surface area contributed by atoms with Gasteiger partial charge in [-0.15, -0.1) is 8.07 Å². The zero-order chi connectivity index (χ0) is 13.4. The molecule has 1 rings (SSSR count). The Morgan fingerprint density at radius 2 is 1.59 bits per heavy atom. The van der Waals surface area contributed by atoms with E-state index in [1.807, 2.05) is 19.9 Å². The van der Waals surface area contributed by atoms with Gasteiger partial charge in [0, 0.05) is 0 Å². The Morgan fingerprint density at radius 3 is 1.94 bits per heavy atom. The highest BCUT2D eigenvalue weighted by Gasteiger charge is 2.34. The van der Waals surface area contributed by atoms with Crippen molar-refractivity contribution in [2.24, 2.45) is 0 Å². The molecule has 1 aromatic rings. The van der Waals surface area contributed by atoms with Gasteiger partial charge in [-0.1, -0.05) is 31.5 Å². The number of halogens is 3. The van der Waals surface area contributed by atoms with Crippen LogP contribution in [0.2, 0.25) is 19.6 Å². The summed E-state index contributed by atoms with van der Waals surface area (Å²) in [6, 6.07) is 4.58. The summed E-state index contributed by atoms with van der Waals surface area (Å²) in [6.45, 7) is 9.89. The molecule has 17 heavy (non-hydrogen) atoms. The summed E-state index contributed by atoms with van der Waals surface area (Å²) in [4.78, 5) is 0. The third kappa shape index (κ3) is 3.12. The third-order valence-electron chi connectivity index (χ3n) is 2.80. The summed E-state index contributed by atoms with van der Waals surface area (Å²) in [7, 11) is -1.75. The highest BCUT2D eigenvalue weighted by atomic mass is 28.3. The molecule has 0 saturated heterocycles. The molecule has 4 heteroatoms. The van der Waals surface area contributed by atoms with Gasteiger partial charge in [0.2, 0.25) is 0 Å². The van der Waals surface area contributed by atoms with E-state index in [4.69, 9.17) is 0 Å². The van der Waals surface area contributed by atoms with Crippen molar-refractivity contribution < 1.29 is 13.2 Å². The molecule has 0 aliphatic carbocycles. The topological polar surface area (TPSA) is 0 Å². The van der Waals surface area contributed by atoms with Crippen molar-refractivity contribution in [2.75, 3.05) is 0 Å². The van der Waals surface area contributed by atoms with Crippen molar-refractivity contribution in [1.29, 1.82) is 0 Å². The first-order chi connectivity index (χ1) is 7.55. The van der Waals surface area contributed by atoms with Crippen LogP contribution >= 0.6 is 0 Å².